The van der Waals surface area contributed by atoms with Crippen LogP contribution in [0, 0.1) is 6.92 Å². The molecule has 0 radical (unpaired) electrons. The molecule has 3 aromatic carbocycles. The van der Waals surface area contributed by atoms with Crippen LogP contribution in [-0.2, 0) is 19.1 Å². The highest BCUT2D eigenvalue weighted by molar-refractivity contribution is 6.34. The number of esters is 2. The SMILES string of the molecule is Cc1ccccc1NC(=O)[C@@H](OC(=O)c1ccccc1Cl)[C@@H](OC(=O)c1ccccc1Cl)C(=O)O. The molecule has 0 spiro atoms. The van der Waals surface area contributed by atoms with Gasteiger partial charge in [-0.15, -0.1) is 0 Å². The Kier molecular flexibility index (Phi) is 8.46. The molecule has 1 amide bonds. The number of ether oxygens (including phenoxy) is 2. The predicted octanol–water partition coefficient (Wildman–Crippen LogP) is 4.78. The summed E-state index contributed by atoms with van der Waals surface area (Å²) in [5.74, 6) is -4.95. The number of halogens is 2. The summed E-state index contributed by atoms with van der Waals surface area (Å²) >= 11 is 12.0. The van der Waals surface area contributed by atoms with E-state index in [-0.39, 0.29) is 21.2 Å². The second-order valence-corrected chi connectivity index (χ2v) is 8.07. The molecule has 0 aliphatic carbocycles. The third-order valence-corrected chi connectivity index (χ3v) is 5.49. The van der Waals surface area contributed by atoms with Crippen LogP contribution < -0.4 is 5.32 Å². The number of carboxylic acids is 1. The van der Waals surface area contributed by atoms with Gasteiger partial charge in [0.05, 0.1) is 21.2 Å². The Labute approximate surface area is 210 Å². The maximum absolute atomic E-state index is 13.1. The van der Waals surface area contributed by atoms with Gasteiger partial charge in [-0.25, -0.2) is 14.4 Å². The van der Waals surface area contributed by atoms with Crippen molar-refractivity contribution in [3.8, 4) is 0 Å². The third-order valence-electron chi connectivity index (χ3n) is 4.84. The van der Waals surface area contributed by atoms with E-state index >= 15 is 0 Å². The molecule has 0 fully saturated rings. The molecule has 0 aliphatic heterocycles. The summed E-state index contributed by atoms with van der Waals surface area (Å²) in [7, 11) is 0. The van der Waals surface area contributed by atoms with Crippen LogP contribution in [0.15, 0.2) is 72.8 Å². The molecule has 3 aromatic rings. The molecule has 0 saturated heterocycles. The molecule has 3 rings (SSSR count). The van der Waals surface area contributed by atoms with Crippen LogP contribution in [0.5, 0.6) is 0 Å². The largest absolute Gasteiger partial charge is 0.478 e. The Morgan fingerprint density at radius 3 is 1.69 bits per heavy atom. The van der Waals surface area contributed by atoms with Gasteiger partial charge < -0.3 is 19.9 Å². The fraction of sp³-hybridized carbons (Fsp3) is 0.120. The minimum Gasteiger partial charge on any atom is -0.478 e. The van der Waals surface area contributed by atoms with Gasteiger partial charge in [0.25, 0.3) is 5.91 Å². The monoisotopic (exact) mass is 515 g/mol. The number of hydrogen-bond donors (Lipinski definition) is 2. The summed E-state index contributed by atoms with van der Waals surface area (Å²) in [6.07, 6.45) is -4.27. The second kappa shape index (κ2) is 11.5. The van der Waals surface area contributed by atoms with Gasteiger partial charge in [-0.1, -0.05) is 65.7 Å². The highest BCUT2D eigenvalue weighted by atomic mass is 35.5. The van der Waals surface area contributed by atoms with Gasteiger partial charge in [-0.2, -0.15) is 0 Å². The summed E-state index contributed by atoms with van der Waals surface area (Å²) in [5.41, 5.74) is 0.773. The number of anilines is 1. The highest BCUT2D eigenvalue weighted by Crippen LogP contribution is 2.22. The zero-order valence-corrected chi connectivity index (χ0v) is 19.7. The average molecular weight is 516 g/mol. The number of aliphatic carboxylic acids is 1. The molecule has 35 heavy (non-hydrogen) atoms. The van der Waals surface area contributed by atoms with Crippen molar-refractivity contribution in [2.75, 3.05) is 5.32 Å². The van der Waals surface area contributed by atoms with Gasteiger partial charge in [-0.3, -0.25) is 4.79 Å². The van der Waals surface area contributed by atoms with Crippen molar-refractivity contribution in [3.05, 3.63) is 99.5 Å². The number of para-hydroxylation sites is 1. The first-order valence-electron chi connectivity index (χ1n) is 10.2. The zero-order chi connectivity index (χ0) is 25.5. The lowest BCUT2D eigenvalue weighted by Gasteiger charge is -2.24. The number of nitrogens with one attached hydrogen (secondary N) is 1. The van der Waals surface area contributed by atoms with Crippen LogP contribution in [0.25, 0.3) is 0 Å². The number of aryl methyl sites for hydroxylation is 1. The first-order valence-corrected chi connectivity index (χ1v) is 10.9. The number of carbonyl (C=O) groups excluding carboxylic acids is 3. The van der Waals surface area contributed by atoms with E-state index in [2.05, 4.69) is 5.32 Å². The molecule has 8 nitrogen and oxygen atoms in total. The topological polar surface area (TPSA) is 119 Å². The lowest BCUT2D eigenvalue weighted by Crippen LogP contribution is -2.48. The minimum absolute atomic E-state index is 0.00983. The van der Waals surface area contributed by atoms with Crippen molar-refractivity contribution in [1.29, 1.82) is 0 Å². The molecular formula is C25H19Cl2NO7. The highest BCUT2D eigenvalue weighted by Gasteiger charge is 2.41. The first-order chi connectivity index (χ1) is 16.7. The summed E-state index contributed by atoms with van der Waals surface area (Å²) < 4.78 is 10.4. The van der Waals surface area contributed by atoms with E-state index in [0.29, 0.717) is 11.3 Å². The molecule has 0 unspecified atom stereocenters. The minimum atomic E-state index is -2.20. The predicted molar refractivity (Wildman–Crippen MR) is 129 cm³/mol. The Bertz CT molecular complexity index is 1280. The molecule has 0 aliphatic rings. The van der Waals surface area contributed by atoms with Crippen LogP contribution in [0.3, 0.4) is 0 Å². The first kappa shape index (κ1) is 25.7. The molecule has 0 aromatic heterocycles. The standard InChI is InChI=1S/C25H19Cl2NO7/c1-14-8-2-7-13-19(14)28-22(29)20(34-24(32)15-9-3-5-11-17(15)26)21(23(30)31)35-25(33)16-10-4-6-12-18(16)27/h2-13,20-21H,1H3,(H,28,29)(H,30,31)/t20-,21+/m0/s1. The Hall–Kier alpha value is -3.88. The smallest absolute Gasteiger partial charge is 0.349 e. The van der Waals surface area contributed by atoms with Crippen molar-refractivity contribution in [2.45, 2.75) is 19.1 Å². The maximum atomic E-state index is 13.1. The van der Waals surface area contributed by atoms with Gasteiger partial charge in [0.2, 0.25) is 12.2 Å². The third kappa shape index (κ3) is 6.38. The number of hydrogen-bond acceptors (Lipinski definition) is 6. The molecule has 10 heteroatoms. The summed E-state index contributed by atoms with van der Waals surface area (Å²) in [6, 6.07) is 18.3. The van der Waals surface area contributed by atoms with Gasteiger partial charge in [-0.05, 0) is 42.8 Å². The Morgan fingerprint density at radius 2 is 1.20 bits per heavy atom. The molecule has 180 valence electrons. The van der Waals surface area contributed by atoms with Crippen molar-refractivity contribution in [3.63, 3.8) is 0 Å². The van der Waals surface area contributed by atoms with Crippen LogP contribution in [-0.4, -0.2) is 41.1 Å². The lowest BCUT2D eigenvalue weighted by molar-refractivity contribution is -0.157. The van der Waals surface area contributed by atoms with Gasteiger partial charge in [0.15, 0.2) is 0 Å². The van der Waals surface area contributed by atoms with Crippen LogP contribution in [0.2, 0.25) is 10.0 Å². The number of amides is 1. The van der Waals surface area contributed by atoms with E-state index in [4.69, 9.17) is 32.7 Å². The van der Waals surface area contributed by atoms with Gasteiger partial charge in [0.1, 0.15) is 0 Å². The summed E-state index contributed by atoms with van der Waals surface area (Å²) in [4.78, 5) is 50.7. The quantitative estimate of drug-likeness (QED) is 0.414. The van der Waals surface area contributed by atoms with Gasteiger partial charge in [0, 0.05) is 5.69 Å². The van der Waals surface area contributed by atoms with E-state index in [0.717, 1.165) is 0 Å². The lowest BCUT2D eigenvalue weighted by atomic mass is 10.1. The van der Waals surface area contributed by atoms with Gasteiger partial charge >= 0.3 is 17.9 Å². The summed E-state index contributed by atoms with van der Waals surface area (Å²) in [5, 5.41) is 12.4. The fourth-order valence-electron chi connectivity index (χ4n) is 3.02. The van der Waals surface area contributed by atoms with Crippen molar-refractivity contribution < 1.29 is 33.8 Å². The van der Waals surface area contributed by atoms with E-state index < -0.39 is 36.0 Å². The Balaban J connectivity index is 1.95. The second-order valence-electron chi connectivity index (χ2n) is 7.25. The molecular weight excluding hydrogens is 497 g/mol. The number of rotatable bonds is 8. The number of carbonyl (C=O) groups is 4. The van der Waals surface area contributed by atoms with E-state index in [1.165, 1.54) is 36.4 Å². The molecule has 0 bridgehead atoms. The van der Waals surface area contributed by atoms with E-state index in [1.54, 1.807) is 43.3 Å². The van der Waals surface area contributed by atoms with Crippen LogP contribution in [0.1, 0.15) is 26.3 Å². The van der Waals surface area contributed by atoms with Crippen molar-refractivity contribution in [2.24, 2.45) is 0 Å². The van der Waals surface area contributed by atoms with Crippen LogP contribution >= 0.6 is 23.2 Å². The zero-order valence-electron chi connectivity index (χ0n) is 18.2. The van der Waals surface area contributed by atoms with Crippen LogP contribution in [0.4, 0.5) is 5.69 Å². The molecule has 0 saturated carbocycles. The summed E-state index contributed by atoms with van der Waals surface area (Å²) in [6.45, 7) is 1.71. The van der Waals surface area contributed by atoms with E-state index in [1.807, 2.05) is 0 Å². The fourth-order valence-corrected chi connectivity index (χ4v) is 3.45. The van der Waals surface area contributed by atoms with Crippen molar-refractivity contribution in [1.82, 2.24) is 0 Å². The normalized spacial score (nSPS) is 12.2. The number of benzene rings is 3. The Morgan fingerprint density at radius 1 is 0.743 bits per heavy atom. The average Bonchev–Trinajstić information content (AvgIpc) is 2.82. The molecule has 0 heterocycles. The number of carboxylic acid groups (broad SMARTS) is 1. The maximum Gasteiger partial charge on any atom is 0.349 e. The van der Waals surface area contributed by atoms with E-state index in [9.17, 15) is 24.3 Å². The molecule has 2 atom stereocenters. The molecule has 2 N–H and O–H groups in total. The van der Waals surface area contributed by atoms with Crippen molar-refractivity contribution >= 4 is 52.7 Å².